The van der Waals surface area contributed by atoms with Crippen LogP contribution >= 0.6 is 0 Å². The molecule has 3 aromatic rings. The van der Waals surface area contributed by atoms with Crippen molar-refractivity contribution < 1.29 is 19.4 Å². The fourth-order valence-electron chi connectivity index (χ4n) is 3.45. The van der Waals surface area contributed by atoms with Crippen LogP contribution in [0.25, 0.3) is 10.9 Å². The van der Waals surface area contributed by atoms with Gasteiger partial charge in [-0.2, -0.15) is 0 Å². The van der Waals surface area contributed by atoms with Gasteiger partial charge in [0.1, 0.15) is 5.39 Å². The number of hydrogen-bond acceptors (Lipinski definition) is 5. The number of aromatic nitrogens is 2. The van der Waals surface area contributed by atoms with E-state index >= 15 is 0 Å². The normalized spacial score (nSPS) is 12.0. The molecule has 2 aromatic carbocycles. The molecule has 29 heavy (non-hydrogen) atoms. The number of methoxy groups -OCH3 is 2. The number of benzene rings is 2. The van der Waals surface area contributed by atoms with Crippen molar-refractivity contribution in [2.24, 2.45) is 0 Å². The zero-order valence-electron chi connectivity index (χ0n) is 16.4. The van der Waals surface area contributed by atoms with Gasteiger partial charge in [0.15, 0.2) is 11.5 Å². The van der Waals surface area contributed by atoms with Crippen LogP contribution in [0.5, 0.6) is 11.5 Å². The molecule has 0 spiro atoms. The Bertz CT molecular complexity index is 1160. The maximum Gasteiger partial charge on any atom is 0.332 e. The Balaban J connectivity index is 2.39. The SMILES string of the molecule is COc1ccc2c(c1OC)c(=O)n(Cc1ccccc1)c(=O)n2C(C)CC(=O)O. The zero-order chi connectivity index (χ0) is 21.1. The molecule has 0 saturated heterocycles. The van der Waals surface area contributed by atoms with Gasteiger partial charge in [-0.05, 0) is 24.6 Å². The largest absolute Gasteiger partial charge is 0.493 e. The second-order valence-electron chi connectivity index (χ2n) is 6.67. The van der Waals surface area contributed by atoms with E-state index in [1.165, 1.54) is 18.8 Å². The summed E-state index contributed by atoms with van der Waals surface area (Å²) in [4.78, 5) is 37.8. The summed E-state index contributed by atoms with van der Waals surface area (Å²) < 4.78 is 13.1. The highest BCUT2D eigenvalue weighted by Gasteiger charge is 2.23. The van der Waals surface area contributed by atoms with Crippen molar-refractivity contribution >= 4 is 16.9 Å². The highest BCUT2D eigenvalue weighted by Crippen LogP contribution is 2.33. The van der Waals surface area contributed by atoms with E-state index in [4.69, 9.17) is 9.47 Å². The first kappa shape index (κ1) is 20.2. The summed E-state index contributed by atoms with van der Waals surface area (Å²) in [6, 6.07) is 11.6. The first-order chi connectivity index (χ1) is 13.9. The maximum atomic E-state index is 13.3. The molecular weight excluding hydrogens is 376 g/mol. The second-order valence-corrected chi connectivity index (χ2v) is 6.67. The van der Waals surface area contributed by atoms with E-state index in [1.54, 1.807) is 19.1 Å². The maximum absolute atomic E-state index is 13.3. The molecule has 1 heterocycles. The minimum atomic E-state index is -1.04. The Morgan fingerprint density at radius 1 is 1.07 bits per heavy atom. The van der Waals surface area contributed by atoms with Gasteiger partial charge in [-0.1, -0.05) is 30.3 Å². The highest BCUT2D eigenvalue weighted by atomic mass is 16.5. The van der Waals surface area contributed by atoms with Gasteiger partial charge in [0.05, 0.1) is 32.7 Å². The lowest BCUT2D eigenvalue weighted by atomic mass is 10.1. The van der Waals surface area contributed by atoms with Crippen LogP contribution in [0.15, 0.2) is 52.1 Å². The average Bonchev–Trinajstić information content (AvgIpc) is 2.70. The summed E-state index contributed by atoms with van der Waals surface area (Å²) in [5.41, 5.74) is -0.0308. The van der Waals surface area contributed by atoms with Gasteiger partial charge in [0.25, 0.3) is 5.56 Å². The molecule has 3 rings (SSSR count). The van der Waals surface area contributed by atoms with Crippen molar-refractivity contribution in [3.8, 4) is 11.5 Å². The third kappa shape index (κ3) is 3.73. The first-order valence-corrected chi connectivity index (χ1v) is 9.04. The number of nitrogens with zero attached hydrogens (tertiary/aromatic N) is 2. The summed E-state index contributed by atoms with van der Waals surface area (Å²) in [6.07, 6.45) is -0.271. The van der Waals surface area contributed by atoms with Crippen LogP contribution in [0.3, 0.4) is 0 Å². The number of aliphatic carboxylic acids is 1. The molecule has 0 aliphatic rings. The predicted octanol–water partition coefficient (Wildman–Crippen LogP) is 2.26. The summed E-state index contributed by atoms with van der Waals surface area (Å²) >= 11 is 0. The third-order valence-electron chi connectivity index (χ3n) is 4.77. The summed E-state index contributed by atoms with van der Waals surface area (Å²) in [6.45, 7) is 1.68. The zero-order valence-corrected chi connectivity index (χ0v) is 16.4. The summed E-state index contributed by atoms with van der Waals surface area (Å²) in [7, 11) is 2.86. The molecule has 0 aliphatic carbocycles. The Morgan fingerprint density at radius 2 is 1.76 bits per heavy atom. The molecule has 8 heteroatoms. The van der Waals surface area contributed by atoms with Crippen molar-refractivity contribution in [2.75, 3.05) is 14.2 Å². The van der Waals surface area contributed by atoms with Crippen molar-refractivity contribution in [1.29, 1.82) is 0 Å². The van der Waals surface area contributed by atoms with Gasteiger partial charge >= 0.3 is 11.7 Å². The Labute approximate surface area is 166 Å². The van der Waals surface area contributed by atoms with Gasteiger partial charge in [0, 0.05) is 6.04 Å². The van der Waals surface area contributed by atoms with E-state index < -0.39 is 23.3 Å². The molecule has 0 radical (unpaired) electrons. The number of hydrogen-bond donors (Lipinski definition) is 1. The number of carbonyl (C=O) groups is 1. The topological polar surface area (TPSA) is 99.8 Å². The molecule has 0 amide bonds. The molecule has 8 nitrogen and oxygen atoms in total. The number of fused-ring (bicyclic) bond motifs is 1. The minimum Gasteiger partial charge on any atom is -0.493 e. The molecule has 0 fully saturated rings. The molecule has 1 N–H and O–H groups in total. The second kappa shape index (κ2) is 8.22. The van der Waals surface area contributed by atoms with Crippen LogP contribution in [0, 0.1) is 0 Å². The quantitative estimate of drug-likeness (QED) is 0.655. The molecule has 1 unspecified atom stereocenters. The van der Waals surface area contributed by atoms with Crippen molar-refractivity contribution in [1.82, 2.24) is 9.13 Å². The number of carboxylic acids is 1. The Hall–Kier alpha value is -3.55. The van der Waals surface area contributed by atoms with Crippen LogP contribution in [0.1, 0.15) is 24.9 Å². The fraction of sp³-hybridized carbons (Fsp3) is 0.286. The summed E-state index contributed by atoms with van der Waals surface area (Å²) in [5.74, 6) is -0.494. The van der Waals surface area contributed by atoms with Crippen molar-refractivity contribution in [2.45, 2.75) is 25.9 Å². The van der Waals surface area contributed by atoms with Crippen molar-refractivity contribution in [3.63, 3.8) is 0 Å². The Kier molecular flexibility index (Phi) is 5.72. The van der Waals surface area contributed by atoms with Crippen LogP contribution in [0.4, 0.5) is 0 Å². The van der Waals surface area contributed by atoms with Gasteiger partial charge in [-0.15, -0.1) is 0 Å². The molecule has 0 aliphatic heterocycles. The smallest absolute Gasteiger partial charge is 0.332 e. The van der Waals surface area contributed by atoms with E-state index in [9.17, 15) is 19.5 Å². The number of ether oxygens (including phenoxy) is 2. The third-order valence-corrected chi connectivity index (χ3v) is 4.77. The lowest BCUT2D eigenvalue weighted by Crippen LogP contribution is -2.41. The lowest BCUT2D eigenvalue weighted by molar-refractivity contribution is -0.137. The van der Waals surface area contributed by atoms with Crippen LogP contribution in [-0.2, 0) is 11.3 Å². The van der Waals surface area contributed by atoms with Crippen LogP contribution < -0.4 is 20.7 Å². The Morgan fingerprint density at radius 3 is 2.34 bits per heavy atom. The molecule has 0 bridgehead atoms. The lowest BCUT2D eigenvalue weighted by Gasteiger charge is -2.20. The van der Waals surface area contributed by atoms with Gasteiger partial charge in [-0.3, -0.25) is 18.7 Å². The van der Waals surface area contributed by atoms with E-state index in [2.05, 4.69) is 0 Å². The molecule has 1 aromatic heterocycles. The van der Waals surface area contributed by atoms with Gasteiger partial charge < -0.3 is 14.6 Å². The monoisotopic (exact) mass is 398 g/mol. The molecule has 152 valence electrons. The first-order valence-electron chi connectivity index (χ1n) is 9.04. The van der Waals surface area contributed by atoms with E-state index in [0.29, 0.717) is 11.3 Å². The molecule has 1 atom stereocenters. The average molecular weight is 398 g/mol. The highest BCUT2D eigenvalue weighted by molar-refractivity contribution is 5.87. The van der Waals surface area contributed by atoms with E-state index in [-0.39, 0.29) is 24.1 Å². The van der Waals surface area contributed by atoms with Crippen molar-refractivity contribution in [3.05, 3.63) is 68.9 Å². The standard InChI is InChI=1S/C21H22N2O6/c1-13(11-17(24)25)23-15-9-10-16(28-2)19(29-3)18(15)20(26)22(21(23)27)12-14-7-5-4-6-8-14/h4-10,13H,11-12H2,1-3H3,(H,24,25). The molecule has 0 saturated carbocycles. The van der Waals surface area contributed by atoms with E-state index in [1.807, 2.05) is 30.3 Å². The predicted molar refractivity (Wildman–Crippen MR) is 108 cm³/mol. The molecular formula is C21H22N2O6. The van der Waals surface area contributed by atoms with E-state index in [0.717, 1.165) is 10.1 Å². The number of rotatable bonds is 7. The van der Waals surface area contributed by atoms with Gasteiger partial charge in [-0.25, -0.2) is 4.79 Å². The number of carboxylic acid groups (broad SMARTS) is 1. The van der Waals surface area contributed by atoms with Crippen LogP contribution in [-0.4, -0.2) is 34.4 Å². The minimum absolute atomic E-state index is 0.0502. The fourth-order valence-corrected chi connectivity index (χ4v) is 3.45. The van der Waals surface area contributed by atoms with Crippen LogP contribution in [0.2, 0.25) is 0 Å². The van der Waals surface area contributed by atoms with Gasteiger partial charge in [0.2, 0.25) is 0 Å². The summed E-state index contributed by atoms with van der Waals surface area (Å²) in [5, 5.41) is 9.39.